The molecule has 70 valence electrons. The van der Waals surface area contributed by atoms with Crippen molar-refractivity contribution in [3.05, 3.63) is 34.4 Å². The summed E-state index contributed by atoms with van der Waals surface area (Å²) in [6.45, 7) is 2.06. The van der Waals surface area contributed by atoms with Crippen LogP contribution in [0.2, 0.25) is 0 Å². The molecule has 0 fully saturated rings. The van der Waals surface area contributed by atoms with E-state index in [1.807, 2.05) is 6.08 Å². The molecule has 1 N–H and O–H groups in total. The van der Waals surface area contributed by atoms with Gasteiger partial charge in [-0.3, -0.25) is 0 Å². The first-order valence-electron chi connectivity index (χ1n) is 4.23. The molecule has 1 heterocycles. The fraction of sp³-hybridized carbons (Fsp3) is 0.300. The highest BCUT2D eigenvalue weighted by atomic mass is 16.4. The van der Waals surface area contributed by atoms with E-state index < -0.39 is 5.63 Å². The van der Waals surface area contributed by atoms with E-state index in [1.54, 1.807) is 6.08 Å². The molecule has 0 spiro atoms. The van der Waals surface area contributed by atoms with Gasteiger partial charge in [-0.05, 0) is 12.5 Å². The SMILES string of the molecule is CCC/C=C/c1cc(O)cc(=O)o1. The predicted octanol–water partition coefficient (Wildman–Crippen LogP) is 2.16. The molecular formula is C10H12O3. The zero-order valence-electron chi connectivity index (χ0n) is 7.49. The standard InChI is InChI=1S/C10H12O3/c1-2-3-4-5-9-6-8(11)7-10(12)13-9/h4-7,11H,2-3H2,1H3/b5-4+. The fourth-order valence-corrected chi connectivity index (χ4v) is 0.932. The van der Waals surface area contributed by atoms with Crippen molar-refractivity contribution >= 4 is 6.08 Å². The normalized spacial score (nSPS) is 10.8. The molecule has 0 atom stereocenters. The van der Waals surface area contributed by atoms with Crippen LogP contribution in [0.4, 0.5) is 0 Å². The number of aromatic hydroxyl groups is 1. The summed E-state index contributed by atoms with van der Waals surface area (Å²) in [5.74, 6) is 0.325. The highest BCUT2D eigenvalue weighted by Crippen LogP contribution is 2.09. The molecule has 13 heavy (non-hydrogen) atoms. The Labute approximate surface area is 76.3 Å². The average molecular weight is 180 g/mol. The maximum atomic E-state index is 10.8. The van der Waals surface area contributed by atoms with Gasteiger partial charge in [-0.25, -0.2) is 4.79 Å². The topological polar surface area (TPSA) is 50.4 Å². The molecule has 0 saturated heterocycles. The quantitative estimate of drug-likeness (QED) is 0.775. The maximum absolute atomic E-state index is 10.8. The van der Waals surface area contributed by atoms with E-state index in [2.05, 4.69) is 6.92 Å². The number of rotatable bonds is 3. The molecule has 0 aliphatic rings. The van der Waals surface area contributed by atoms with Gasteiger partial charge in [0, 0.05) is 6.07 Å². The molecule has 0 bridgehead atoms. The van der Waals surface area contributed by atoms with Crippen LogP contribution in [-0.2, 0) is 0 Å². The lowest BCUT2D eigenvalue weighted by atomic mass is 10.3. The largest absolute Gasteiger partial charge is 0.508 e. The van der Waals surface area contributed by atoms with Gasteiger partial charge in [0.25, 0.3) is 0 Å². The molecule has 0 unspecified atom stereocenters. The van der Waals surface area contributed by atoms with Crippen molar-refractivity contribution in [2.24, 2.45) is 0 Å². The van der Waals surface area contributed by atoms with Crippen molar-refractivity contribution in [3.63, 3.8) is 0 Å². The lowest BCUT2D eigenvalue weighted by molar-refractivity contribution is 0.444. The molecule has 1 rings (SSSR count). The Hall–Kier alpha value is -1.51. The number of allylic oxidation sites excluding steroid dienone is 1. The van der Waals surface area contributed by atoms with Gasteiger partial charge in [-0.15, -0.1) is 0 Å². The van der Waals surface area contributed by atoms with Crippen molar-refractivity contribution < 1.29 is 9.52 Å². The number of hydrogen-bond donors (Lipinski definition) is 1. The van der Waals surface area contributed by atoms with E-state index in [0.29, 0.717) is 5.76 Å². The zero-order chi connectivity index (χ0) is 9.68. The summed E-state index contributed by atoms with van der Waals surface area (Å²) in [4.78, 5) is 10.8. The predicted molar refractivity (Wildman–Crippen MR) is 50.6 cm³/mol. The summed E-state index contributed by atoms with van der Waals surface area (Å²) in [5, 5.41) is 9.06. The Morgan fingerprint density at radius 3 is 2.92 bits per heavy atom. The Morgan fingerprint density at radius 2 is 2.31 bits per heavy atom. The summed E-state index contributed by atoms with van der Waals surface area (Å²) in [6.07, 6.45) is 5.56. The van der Waals surface area contributed by atoms with Crippen LogP contribution in [0, 0.1) is 0 Å². The summed E-state index contributed by atoms with van der Waals surface area (Å²) in [5.41, 5.74) is -0.531. The third-order valence-corrected chi connectivity index (χ3v) is 1.51. The van der Waals surface area contributed by atoms with Crippen LogP contribution in [-0.4, -0.2) is 5.11 Å². The average Bonchev–Trinajstić information content (AvgIpc) is 2.03. The van der Waals surface area contributed by atoms with Crippen LogP contribution in [0.3, 0.4) is 0 Å². The fourth-order valence-electron chi connectivity index (χ4n) is 0.932. The minimum absolute atomic E-state index is 0.0626. The van der Waals surface area contributed by atoms with Gasteiger partial charge in [0.2, 0.25) is 0 Å². The van der Waals surface area contributed by atoms with Gasteiger partial charge in [0.15, 0.2) is 0 Å². The molecule has 0 aliphatic heterocycles. The lowest BCUT2D eigenvalue weighted by Gasteiger charge is -1.92. The third kappa shape index (κ3) is 3.15. The Bertz CT molecular complexity index is 349. The molecule has 0 aliphatic carbocycles. The first-order valence-corrected chi connectivity index (χ1v) is 4.23. The van der Waals surface area contributed by atoms with Crippen LogP contribution in [0.1, 0.15) is 25.5 Å². The van der Waals surface area contributed by atoms with Crippen molar-refractivity contribution in [1.82, 2.24) is 0 Å². The highest BCUT2D eigenvalue weighted by Gasteiger charge is 1.95. The van der Waals surface area contributed by atoms with Gasteiger partial charge >= 0.3 is 5.63 Å². The van der Waals surface area contributed by atoms with Gasteiger partial charge in [0.05, 0.1) is 6.07 Å². The van der Waals surface area contributed by atoms with E-state index in [9.17, 15) is 4.79 Å². The summed E-state index contributed by atoms with van der Waals surface area (Å²) >= 11 is 0. The first-order chi connectivity index (χ1) is 6.22. The zero-order valence-corrected chi connectivity index (χ0v) is 7.49. The number of unbranched alkanes of at least 4 members (excludes halogenated alkanes) is 1. The van der Waals surface area contributed by atoms with Crippen molar-refractivity contribution in [2.45, 2.75) is 19.8 Å². The van der Waals surface area contributed by atoms with E-state index in [0.717, 1.165) is 18.9 Å². The second-order valence-electron chi connectivity index (χ2n) is 2.73. The van der Waals surface area contributed by atoms with Gasteiger partial charge in [-0.1, -0.05) is 19.4 Å². The monoisotopic (exact) mass is 180 g/mol. The smallest absolute Gasteiger partial charge is 0.339 e. The second kappa shape index (κ2) is 4.50. The van der Waals surface area contributed by atoms with Gasteiger partial charge in [-0.2, -0.15) is 0 Å². The highest BCUT2D eigenvalue weighted by molar-refractivity contribution is 5.44. The summed E-state index contributed by atoms with van der Waals surface area (Å²) < 4.78 is 4.80. The van der Waals surface area contributed by atoms with E-state index in [1.165, 1.54) is 6.07 Å². The molecule has 0 aromatic carbocycles. The van der Waals surface area contributed by atoms with Crippen LogP contribution in [0.25, 0.3) is 6.08 Å². The van der Waals surface area contributed by atoms with Crippen molar-refractivity contribution in [1.29, 1.82) is 0 Å². The van der Waals surface area contributed by atoms with Crippen LogP contribution >= 0.6 is 0 Å². The van der Waals surface area contributed by atoms with Gasteiger partial charge < -0.3 is 9.52 Å². The molecule has 1 aromatic rings. The minimum Gasteiger partial charge on any atom is -0.508 e. The molecule has 3 heteroatoms. The maximum Gasteiger partial charge on any atom is 0.339 e. The van der Waals surface area contributed by atoms with Crippen molar-refractivity contribution in [2.75, 3.05) is 0 Å². The Kier molecular flexibility index (Phi) is 3.31. The Morgan fingerprint density at radius 1 is 1.54 bits per heavy atom. The summed E-state index contributed by atoms with van der Waals surface area (Å²) in [7, 11) is 0. The molecule has 3 nitrogen and oxygen atoms in total. The van der Waals surface area contributed by atoms with Gasteiger partial charge in [0.1, 0.15) is 11.5 Å². The van der Waals surface area contributed by atoms with Crippen LogP contribution < -0.4 is 5.63 Å². The Balaban J connectivity index is 2.83. The minimum atomic E-state index is -0.531. The third-order valence-electron chi connectivity index (χ3n) is 1.51. The summed E-state index contributed by atoms with van der Waals surface area (Å²) in [6, 6.07) is 2.45. The van der Waals surface area contributed by atoms with E-state index >= 15 is 0 Å². The molecule has 0 radical (unpaired) electrons. The molecule has 0 saturated carbocycles. The first kappa shape index (κ1) is 9.58. The molecular weight excluding hydrogens is 168 g/mol. The second-order valence-corrected chi connectivity index (χ2v) is 2.73. The van der Waals surface area contributed by atoms with E-state index in [-0.39, 0.29) is 5.75 Å². The number of hydrogen-bond acceptors (Lipinski definition) is 3. The molecule has 0 amide bonds. The van der Waals surface area contributed by atoms with Crippen LogP contribution in [0.15, 0.2) is 27.4 Å². The lowest BCUT2D eigenvalue weighted by Crippen LogP contribution is -1.95. The van der Waals surface area contributed by atoms with Crippen molar-refractivity contribution in [3.8, 4) is 5.75 Å². The van der Waals surface area contributed by atoms with Crippen LogP contribution in [0.5, 0.6) is 5.75 Å². The molecule has 1 aromatic heterocycles. The van der Waals surface area contributed by atoms with E-state index in [4.69, 9.17) is 9.52 Å².